The Morgan fingerprint density at radius 1 is 1.26 bits per heavy atom. The minimum Gasteiger partial charge on any atom is -0.379 e. The molecule has 0 radical (unpaired) electrons. The number of ether oxygens (including phenoxy) is 1. The van der Waals surface area contributed by atoms with Crippen LogP contribution in [0.2, 0.25) is 0 Å². The van der Waals surface area contributed by atoms with Gasteiger partial charge in [-0.2, -0.15) is 4.31 Å². The number of carbonyl (C=O) groups is 1. The molecular weight excluding hydrogens is 440 g/mol. The van der Waals surface area contributed by atoms with E-state index in [1.54, 1.807) is 19.1 Å². The van der Waals surface area contributed by atoms with Gasteiger partial charge in [0.15, 0.2) is 0 Å². The summed E-state index contributed by atoms with van der Waals surface area (Å²) in [6.45, 7) is 3.18. The number of nitrogens with one attached hydrogen (secondary N) is 1. The first-order valence-corrected chi connectivity index (χ1v) is 12.7. The van der Waals surface area contributed by atoms with Gasteiger partial charge in [-0.1, -0.05) is 30.7 Å². The monoisotopic (exact) mass is 466 g/mol. The lowest BCUT2D eigenvalue weighted by Crippen LogP contribution is -2.40. The third kappa shape index (κ3) is 5.08. The van der Waals surface area contributed by atoms with E-state index in [1.165, 1.54) is 28.2 Å². The van der Waals surface area contributed by atoms with E-state index in [-0.39, 0.29) is 16.8 Å². The highest BCUT2D eigenvalue weighted by atomic mass is 32.2. The Morgan fingerprint density at radius 2 is 2.00 bits per heavy atom. The molecule has 0 unspecified atom stereocenters. The minimum atomic E-state index is -3.63. The zero-order valence-electron chi connectivity index (χ0n) is 17.3. The van der Waals surface area contributed by atoms with Gasteiger partial charge in [-0.15, -0.1) is 5.10 Å². The van der Waals surface area contributed by atoms with E-state index in [0.29, 0.717) is 37.1 Å². The van der Waals surface area contributed by atoms with E-state index in [4.69, 9.17) is 4.74 Å². The van der Waals surface area contributed by atoms with Crippen molar-refractivity contribution in [3.8, 4) is 0 Å². The van der Waals surface area contributed by atoms with E-state index in [2.05, 4.69) is 20.8 Å². The summed E-state index contributed by atoms with van der Waals surface area (Å²) in [5.41, 5.74) is 0.433. The fourth-order valence-corrected chi connectivity index (χ4v) is 6.08. The van der Waals surface area contributed by atoms with Gasteiger partial charge in [0.1, 0.15) is 0 Å². The van der Waals surface area contributed by atoms with Crippen molar-refractivity contribution in [1.82, 2.24) is 24.5 Å². The average Bonchev–Trinajstić information content (AvgIpc) is 3.46. The lowest BCUT2D eigenvalue weighted by atomic mass is 10.3. The first-order valence-electron chi connectivity index (χ1n) is 10.4. The van der Waals surface area contributed by atoms with E-state index >= 15 is 0 Å². The van der Waals surface area contributed by atoms with E-state index in [1.807, 2.05) is 4.68 Å². The third-order valence-corrected chi connectivity index (χ3v) is 8.44. The molecule has 1 saturated heterocycles. The van der Waals surface area contributed by atoms with Crippen LogP contribution in [0, 0.1) is 0 Å². The highest BCUT2D eigenvalue weighted by Gasteiger charge is 2.27. The van der Waals surface area contributed by atoms with Crippen molar-refractivity contribution in [2.75, 3.05) is 31.6 Å². The van der Waals surface area contributed by atoms with Crippen molar-refractivity contribution in [3.05, 3.63) is 24.3 Å². The molecule has 31 heavy (non-hydrogen) atoms. The summed E-state index contributed by atoms with van der Waals surface area (Å²) in [6, 6.07) is 6.61. The normalized spacial score (nSPS) is 19.4. The zero-order chi connectivity index (χ0) is 21.8. The van der Waals surface area contributed by atoms with Crippen molar-refractivity contribution in [2.45, 2.75) is 54.0 Å². The highest BCUT2D eigenvalue weighted by Crippen LogP contribution is 2.32. The molecule has 1 aromatic heterocycles. The Bertz CT molecular complexity index is 1020. The molecule has 1 N–H and O–H groups in total. The number of thioether (sulfide) groups is 1. The molecule has 0 bridgehead atoms. The Kier molecular flexibility index (Phi) is 6.89. The number of carbonyl (C=O) groups excluding carboxylic acids is 1. The third-order valence-electron chi connectivity index (χ3n) is 5.49. The topological polar surface area (TPSA) is 119 Å². The first-order chi connectivity index (χ1) is 14.9. The van der Waals surface area contributed by atoms with Crippen molar-refractivity contribution in [3.63, 3.8) is 0 Å². The van der Waals surface area contributed by atoms with Gasteiger partial charge < -0.3 is 10.1 Å². The Balaban J connectivity index is 1.42. The number of tetrazole rings is 1. The van der Waals surface area contributed by atoms with Gasteiger partial charge in [0.05, 0.1) is 29.4 Å². The lowest BCUT2D eigenvalue weighted by molar-refractivity contribution is -0.115. The summed E-state index contributed by atoms with van der Waals surface area (Å²) in [6.07, 6.45) is 4.41. The average molecular weight is 467 g/mol. The van der Waals surface area contributed by atoms with Crippen LogP contribution in [0.5, 0.6) is 0 Å². The van der Waals surface area contributed by atoms with E-state index in [9.17, 15) is 13.2 Å². The van der Waals surface area contributed by atoms with E-state index < -0.39 is 15.3 Å². The minimum absolute atomic E-state index is 0.151. The number of aromatic nitrogens is 4. The molecule has 4 rings (SSSR count). The molecule has 1 aromatic carbocycles. The lowest BCUT2D eigenvalue weighted by Gasteiger charge is -2.26. The second kappa shape index (κ2) is 9.63. The molecule has 1 saturated carbocycles. The molecule has 2 aromatic rings. The number of amides is 1. The molecule has 1 amide bonds. The molecule has 1 aliphatic carbocycles. The van der Waals surface area contributed by atoms with Gasteiger partial charge in [0, 0.05) is 18.8 Å². The summed E-state index contributed by atoms with van der Waals surface area (Å²) in [5, 5.41) is 14.9. The van der Waals surface area contributed by atoms with Crippen LogP contribution in [-0.4, -0.2) is 70.4 Å². The second-order valence-electron chi connectivity index (χ2n) is 7.64. The molecule has 2 fully saturated rings. The Labute approximate surface area is 185 Å². The number of hydrogen-bond acceptors (Lipinski definition) is 8. The molecule has 0 spiro atoms. The van der Waals surface area contributed by atoms with Crippen molar-refractivity contribution in [2.24, 2.45) is 0 Å². The highest BCUT2D eigenvalue weighted by molar-refractivity contribution is 8.00. The van der Waals surface area contributed by atoms with Crippen LogP contribution in [0.1, 0.15) is 38.6 Å². The largest absolute Gasteiger partial charge is 0.379 e. The van der Waals surface area contributed by atoms with Crippen LogP contribution in [0.4, 0.5) is 5.69 Å². The van der Waals surface area contributed by atoms with Crippen molar-refractivity contribution in [1.29, 1.82) is 0 Å². The predicted molar refractivity (Wildman–Crippen MR) is 115 cm³/mol. The maximum atomic E-state index is 12.9. The number of anilines is 1. The number of nitrogens with zero attached hydrogens (tertiary/aromatic N) is 5. The van der Waals surface area contributed by atoms with Gasteiger partial charge in [0.2, 0.25) is 21.1 Å². The van der Waals surface area contributed by atoms with Crippen molar-refractivity contribution >= 4 is 33.4 Å². The summed E-state index contributed by atoms with van der Waals surface area (Å²) in [5.74, 6) is -0.244. The van der Waals surface area contributed by atoms with Gasteiger partial charge in [-0.05, 0) is 48.4 Å². The van der Waals surface area contributed by atoms with Crippen LogP contribution in [0.15, 0.2) is 34.3 Å². The number of morpholine rings is 1. The number of rotatable bonds is 7. The maximum absolute atomic E-state index is 12.9. The molecule has 12 heteroatoms. The molecule has 1 aliphatic heterocycles. The molecule has 2 aliphatic rings. The quantitative estimate of drug-likeness (QED) is 0.615. The molecule has 10 nitrogen and oxygen atoms in total. The molecule has 2 heterocycles. The van der Waals surface area contributed by atoms with Crippen LogP contribution >= 0.6 is 11.8 Å². The van der Waals surface area contributed by atoms with Crippen LogP contribution in [-0.2, 0) is 19.6 Å². The van der Waals surface area contributed by atoms with Gasteiger partial charge in [0.25, 0.3) is 0 Å². The number of benzene rings is 1. The summed E-state index contributed by atoms with van der Waals surface area (Å²) < 4.78 is 34.2. The van der Waals surface area contributed by atoms with Crippen LogP contribution in [0.25, 0.3) is 0 Å². The standard InChI is InChI=1S/C19H26N6O4S2/c1-14(30-19-21-22-23-25(19)16-6-2-3-7-16)18(26)20-15-5-4-8-17(13-15)31(27,28)24-9-11-29-12-10-24/h4-5,8,13-14,16H,2-3,6-7,9-12H2,1H3,(H,20,26)/t14-/m1/s1. The number of hydrogen-bond donors (Lipinski definition) is 1. The smallest absolute Gasteiger partial charge is 0.243 e. The summed E-state index contributed by atoms with van der Waals surface area (Å²) >= 11 is 1.30. The molecule has 1 atom stereocenters. The van der Waals surface area contributed by atoms with Gasteiger partial charge >= 0.3 is 0 Å². The summed E-state index contributed by atoms with van der Waals surface area (Å²) in [4.78, 5) is 12.9. The maximum Gasteiger partial charge on any atom is 0.243 e. The Hall–Kier alpha value is -2.02. The first kappa shape index (κ1) is 22.2. The van der Waals surface area contributed by atoms with Gasteiger partial charge in [-0.25, -0.2) is 13.1 Å². The molecular formula is C19H26N6O4S2. The fraction of sp³-hybridized carbons (Fsp3) is 0.579. The number of sulfonamides is 1. The molecule has 168 valence electrons. The summed E-state index contributed by atoms with van der Waals surface area (Å²) in [7, 11) is -3.63. The van der Waals surface area contributed by atoms with Gasteiger partial charge in [-0.3, -0.25) is 4.79 Å². The fourth-order valence-electron chi connectivity index (χ4n) is 3.77. The second-order valence-corrected chi connectivity index (χ2v) is 10.9. The predicted octanol–water partition coefficient (Wildman–Crippen LogP) is 1.93. The van der Waals surface area contributed by atoms with Crippen molar-refractivity contribution < 1.29 is 17.9 Å². The van der Waals surface area contributed by atoms with Crippen LogP contribution < -0.4 is 5.32 Å². The van der Waals surface area contributed by atoms with E-state index in [0.717, 1.165) is 25.7 Å². The zero-order valence-corrected chi connectivity index (χ0v) is 18.9. The Morgan fingerprint density at radius 3 is 2.74 bits per heavy atom. The van der Waals surface area contributed by atoms with Crippen LogP contribution in [0.3, 0.4) is 0 Å². The SMILES string of the molecule is C[C@@H](Sc1nnnn1C1CCCC1)C(=O)Nc1cccc(S(=O)(=O)N2CCOCC2)c1.